The van der Waals surface area contributed by atoms with Crippen LogP contribution in [0.5, 0.6) is 0 Å². The van der Waals surface area contributed by atoms with Gasteiger partial charge in [0.25, 0.3) is 0 Å². The Hall–Kier alpha value is -1.26. The molecule has 3 nitrogen and oxygen atoms in total. The SMILES string of the molecule is CCSc1nc2c(C)cccc2c(Cl)c1C(=O)OC. The summed E-state index contributed by atoms with van der Waals surface area (Å²) in [5, 5.41) is 1.82. The van der Waals surface area contributed by atoms with Crippen molar-refractivity contribution in [2.24, 2.45) is 0 Å². The number of carbonyl (C=O) groups is 1. The van der Waals surface area contributed by atoms with Crippen molar-refractivity contribution in [3.63, 3.8) is 0 Å². The summed E-state index contributed by atoms with van der Waals surface area (Å²) >= 11 is 7.86. The molecule has 0 N–H and O–H groups in total. The highest BCUT2D eigenvalue weighted by molar-refractivity contribution is 7.99. The van der Waals surface area contributed by atoms with Gasteiger partial charge in [0.15, 0.2) is 0 Å². The van der Waals surface area contributed by atoms with E-state index in [1.807, 2.05) is 32.0 Å². The van der Waals surface area contributed by atoms with Crippen LogP contribution in [0, 0.1) is 6.92 Å². The highest BCUT2D eigenvalue weighted by Gasteiger charge is 2.21. The number of esters is 1. The average molecular weight is 296 g/mol. The van der Waals surface area contributed by atoms with Crippen molar-refractivity contribution in [1.82, 2.24) is 4.98 Å². The first-order valence-corrected chi connectivity index (χ1v) is 7.26. The van der Waals surface area contributed by atoms with Gasteiger partial charge in [-0.25, -0.2) is 9.78 Å². The lowest BCUT2D eigenvalue weighted by Gasteiger charge is -2.12. The average Bonchev–Trinajstić information content (AvgIpc) is 2.40. The Kier molecular flexibility index (Phi) is 4.32. The van der Waals surface area contributed by atoms with Crippen LogP contribution in [-0.4, -0.2) is 23.8 Å². The first-order valence-electron chi connectivity index (χ1n) is 5.90. The third kappa shape index (κ3) is 2.55. The molecule has 1 aromatic carbocycles. The largest absolute Gasteiger partial charge is 0.465 e. The van der Waals surface area contributed by atoms with Gasteiger partial charge in [-0.15, -0.1) is 11.8 Å². The summed E-state index contributed by atoms with van der Waals surface area (Å²) in [6.07, 6.45) is 0. The third-order valence-electron chi connectivity index (χ3n) is 2.79. The zero-order chi connectivity index (χ0) is 14.0. The van der Waals surface area contributed by atoms with Gasteiger partial charge >= 0.3 is 5.97 Å². The highest BCUT2D eigenvalue weighted by atomic mass is 35.5. The monoisotopic (exact) mass is 295 g/mol. The molecular weight excluding hydrogens is 282 g/mol. The Morgan fingerprint density at radius 1 is 1.47 bits per heavy atom. The van der Waals surface area contributed by atoms with E-state index in [1.165, 1.54) is 18.9 Å². The molecule has 0 radical (unpaired) electrons. The van der Waals surface area contributed by atoms with Gasteiger partial charge in [-0.2, -0.15) is 0 Å². The minimum atomic E-state index is -0.447. The van der Waals surface area contributed by atoms with Crippen LogP contribution >= 0.6 is 23.4 Å². The maximum atomic E-state index is 11.9. The van der Waals surface area contributed by atoms with E-state index in [-0.39, 0.29) is 0 Å². The Balaban J connectivity index is 2.81. The molecule has 1 aromatic heterocycles. The molecule has 0 saturated carbocycles. The molecule has 0 bridgehead atoms. The molecule has 0 atom stereocenters. The molecule has 0 aliphatic carbocycles. The smallest absolute Gasteiger partial charge is 0.342 e. The molecule has 2 rings (SSSR count). The molecule has 0 fully saturated rings. The summed E-state index contributed by atoms with van der Waals surface area (Å²) in [6.45, 7) is 3.98. The van der Waals surface area contributed by atoms with Gasteiger partial charge < -0.3 is 4.74 Å². The number of ether oxygens (including phenoxy) is 1. The normalized spacial score (nSPS) is 10.7. The Bertz CT molecular complexity index is 643. The number of hydrogen-bond acceptors (Lipinski definition) is 4. The van der Waals surface area contributed by atoms with Gasteiger partial charge in [0, 0.05) is 5.39 Å². The molecule has 1 heterocycles. The molecule has 0 unspecified atom stereocenters. The fourth-order valence-electron chi connectivity index (χ4n) is 1.89. The molecular formula is C14H14ClNO2S. The standard InChI is InChI=1S/C14H14ClNO2S/c1-4-19-13-10(14(17)18-3)11(15)9-7-5-6-8(2)12(9)16-13/h5-7H,4H2,1-3H3. The Labute approximate surface area is 121 Å². The van der Waals surface area contributed by atoms with E-state index in [0.29, 0.717) is 15.6 Å². The van der Waals surface area contributed by atoms with Crippen molar-refractivity contribution in [3.8, 4) is 0 Å². The van der Waals surface area contributed by atoms with Crippen molar-refractivity contribution in [2.45, 2.75) is 18.9 Å². The molecule has 0 aliphatic rings. The molecule has 2 aromatic rings. The summed E-state index contributed by atoms with van der Waals surface area (Å²) < 4.78 is 4.81. The van der Waals surface area contributed by atoms with Crippen LogP contribution in [0.4, 0.5) is 0 Å². The van der Waals surface area contributed by atoms with E-state index in [1.54, 1.807) is 0 Å². The minimum Gasteiger partial charge on any atom is -0.465 e. The number of fused-ring (bicyclic) bond motifs is 1. The molecule has 5 heteroatoms. The number of pyridine rings is 1. The molecule has 0 saturated heterocycles. The van der Waals surface area contributed by atoms with Crippen LogP contribution in [0.1, 0.15) is 22.8 Å². The summed E-state index contributed by atoms with van der Waals surface area (Å²) in [4.78, 5) is 16.5. The highest BCUT2D eigenvalue weighted by Crippen LogP contribution is 2.34. The van der Waals surface area contributed by atoms with E-state index in [2.05, 4.69) is 4.98 Å². The van der Waals surface area contributed by atoms with Gasteiger partial charge in [-0.3, -0.25) is 0 Å². The van der Waals surface area contributed by atoms with Gasteiger partial charge in [0.2, 0.25) is 0 Å². The number of carbonyl (C=O) groups excluding carboxylic acids is 1. The van der Waals surface area contributed by atoms with E-state index in [0.717, 1.165) is 22.2 Å². The van der Waals surface area contributed by atoms with E-state index < -0.39 is 5.97 Å². The number of methoxy groups -OCH3 is 1. The number of aryl methyl sites for hydroxylation is 1. The van der Waals surface area contributed by atoms with E-state index >= 15 is 0 Å². The fraction of sp³-hybridized carbons (Fsp3) is 0.286. The fourth-order valence-corrected chi connectivity index (χ4v) is 3.02. The van der Waals surface area contributed by atoms with Crippen molar-refractivity contribution < 1.29 is 9.53 Å². The van der Waals surface area contributed by atoms with Crippen LogP contribution in [0.3, 0.4) is 0 Å². The van der Waals surface area contributed by atoms with Crippen LogP contribution in [-0.2, 0) is 4.74 Å². The molecule has 0 aliphatic heterocycles. The number of rotatable bonds is 3. The number of hydrogen-bond donors (Lipinski definition) is 0. The second-order valence-electron chi connectivity index (χ2n) is 4.00. The molecule has 0 amide bonds. The second-order valence-corrected chi connectivity index (χ2v) is 5.63. The second kappa shape index (κ2) is 5.80. The number of aromatic nitrogens is 1. The number of para-hydroxylation sites is 1. The summed E-state index contributed by atoms with van der Waals surface area (Å²) in [5.41, 5.74) is 2.22. The molecule has 0 spiro atoms. The van der Waals surface area contributed by atoms with E-state index in [4.69, 9.17) is 16.3 Å². The topological polar surface area (TPSA) is 39.2 Å². The predicted octanol–water partition coefficient (Wildman–Crippen LogP) is 4.10. The number of halogens is 1. The van der Waals surface area contributed by atoms with Crippen LogP contribution in [0.2, 0.25) is 5.02 Å². The van der Waals surface area contributed by atoms with E-state index in [9.17, 15) is 4.79 Å². The maximum Gasteiger partial charge on any atom is 0.342 e. The summed E-state index contributed by atoms with van der Waals surface area (Å²) in [6, 6.07) is 5.74. The quantitative estimate of drug-likeness (QED) is 0.631. The van der Waals surface area contributed by atoms with Gasteiger partial charge in [0.05, 0.1) is 17.6 Å². The zero-order valence-electron chi connectivity index (χ0n) is 11.0. The van der Waals surface area contributed by atoms with Crippen LogP contribution < -0.4 is 0 Å². The van der Waals surface area contributed by atoms with Crippen molar-refractivity contribution in [3.05, 3.63) is 34.3 Å². The van der Waals surface area contributed by atoms with Crippen molar-refractivity contribution >= 4 is 40.2 Å². The Morgan fingerprint density at radius 2 is 2.21 bits per heavy atom. The van der Waals surface area contributed by atoms with Gasteiger partial charge in [-0.1, -0.05) is 36.7 Å². The maximum absolute atomic E-state index is 11.9. The predicted molar refractivity (Wildman–Crippen MR) is 79.2 cm³/mol. The molecule has 100 valence electrons. The number of thioether (sulfide) groups is 1. The van der Waals surface area contributed by atoms with Crippen LogP contribution in [0.15, 0.2) is 23.2 Å². The Morgan fingerprint density at radius 3 is 2.84 bits per heavy atom. The zero-order valence-corrected chi connectivity index (χ0v) is 12.6. The van der Waals surface area contributed by atoms with Crippen molar-refractivity contribution in [1.29, 1.82) is 0 Å². The lowest BCUT2D eigenvalue weighted by molar-refractivity contribution is 0.0596. The van der Waals surface area contributed by atoms with Gasteiger partial charge in [0.1, 0.15) is 10.6 Å². The lowest BCUT2D eigenvalue weighted by Crippen LogP contribution is -2.07. The number of benzene rings is 1. The summed E-state index contributed by atoms with van der Waals surface area (Å²) in [7, 11) is 1.35. The first kappa shape index (κ1) is 14.2. The first-order chi connectivity index (χ1) is 9.10. The minimum absolute atomic E-state index is 0.356. The molecule has 19 heavy (non-hydrogen) atoms. The number of nitrogens with zero attached hydrogens (tertiary/aromatic N) is 1. The summed E-state index contributed by atoms with van der Waals surface area (Å²) in [5.74, 6) is 0.363. The third-order valence-corrected chi connectivity index (χ3v) is 4.04. The van der Waals surface area contributed by atoms with Gasteiger partial charge in [-0.05, 0) is 18.2 Å². The van der Waals surface area contributed by atoms with Crippen LogP contribution in [0.25, 0.3) is 10.9 Å². The van der Waals surface area contributed by atoms with Crippen molar-refractivity contribution in [2.75, 3.05) is 12.9 Å². The lowest BCUT2D eigenvalue weighted by atomic mass is 10.1.